The quantitative estimate of drug-likeness (QED) is 0.545. The van der Waals surface area contributed by atoms with Crippen LogP contribution in [0.15, 0.2) is 0 Å². The Kier molecular flexibility index (Phi) is 5.51. The third-order valence-electron chi connectivity index (χ3n) is 3.98. The summed E-state index contributed by atoms with van der Waals surface area (Å²) in [7, 11) is 0. The highest BCUT2D eigenvalue weighted by molar-refractivity contribution is 8.00. The van der Waals surface area contributed by atoms with Crippen LogP contribution in [0.2, 0.25) is 0 Å². The number of hydrogen-bond acceptors (Lipinski definition) is 6. The van der Waals surface area contributed by atoms with Crippen molar-refractivity contribution in [2.75, 3.05) is 0 Å². The van der Waals surface area contributed by atoms with Gasteiger partial charge in [-0.25, -0.2) is 0 Å². The predicted molar refractivity (Wildman–Crippen MR) is 72.8 cm³/mol. The molecule has 1 saturated heterocycles. The molecule has 2 unspecified atom stereocenters. The fourth-order valence-corrected chi connectivity index (χ4v) is 4.31. The first-order valence-electron chi connectivity index (χ1n) is 7.02. The number of aliphatic hydroxyl groups is 4. The Labute approximate surface area is 118 Å². The summed E-state index contributed by atoms with van der Waals surface area (Å²) in [5, 5.41) is 39.4. The molecule has 112 valence electrons. The first-order valence-corrected chi connectivity index (χ1v) is 7.96. The average molecular weight is 292 g/mol. The largest absolute Gasteiger partial charge is 0.393 e. The Morgan fingerprint density at radius 1 is 0.947 bits per heavy atom. The lowest BCUT2D eigenvalue weighted by atomic mass is 10.0. The molecule has 2 aliphatic rings. The van der Waals surface area contributed by atoms with Crippen LogP contribution < -0.4 is 0 Å². The molecule has 0 bridgehead atoms. The second-order valence-electron chi connectivity index (χ2n) is 5.61. The monoisotopic (exact) mass is 292 g/mol. The molecule has 1 saturated carbocycles. The van der Waals surface area contributed by atoms with Crippen molar-refractivity contribution in [1.82, 2.24) is 0 Å². The highest BCUT2D eigenvalue weighted by Crippen LogP contribution is 2.36. The summed E-state index contributed by atoms with van der Waals surface area (Å²) < 4.78 is 5.58. The molecule has 7 atom stereocenters. The van der Waals surface area contributed by atoms with Gasteiger partial charge in [0.1, 0.15) is 23.7 Å². The van der Waals surface area contributed by atoms with Crippen LogP contribution in [0.4, 0.5) is 0 Å². The van der Waals surface area contributed by atoms with Crippen molar-refractivity contribution in [3.05, 3.63) is 0 Å². The van der Waals surface area contributed by atoms with Gasteiger partial charge in [0.2, 0.25) is 0 Å². The van der Waals surface area contributed by atoms with Gasteiger partial charge in [-0.1, -0.05) is 12.8 Å². The summed E-state index contributed by atoms with van der Waals surface area (Å²) >= 11 is 1.47. The number of rotatable bonds is 2. The number of thioether (sulfide) groups is 1. The van der Waals surface area contributed by atoms with Crippen LogP contribution in [0.5, 0.6) is 0 Å². The third kappa shape index (κ3) is 3.83. The molecule has 2 fully saturated rings. The molecule has 5 nitrogen and oxygen atoms in total. The van der Waals surface area contributed by atoms with E-state index in [-0.39, 0.29) is 11.4 Å². The van der Waals surface area contributed by atoms with Crippen molar-refractivity contribution in [2.45, 2.75) is 80.2 Å². The minimum absolute atomic E-state index is 0.229. The average Bonchev–Trinajstić information content (AvgIpc) is 2.58. The molecule has 1 heterocycles. The Bertz CT molecular complexity index is 290. The fourth-order valence-electron chi connectivity index (χ4n) is 2.73. The zero-order valence-electron chi connectivity index (χ0n) is 11.2. The van der Waals surface area contributed by atoms with Crippen molar-refractivity contribution in [1.29, 1.82) is 0 Å². The minimum atomic E-state index is -1.17. The first-order chi connectivity index (χ1) is 8.99. The highest BCUT2D eigenvalue weighted by atomic mass is 32.2. The summed E-state index contributed by atoms with van der Waals surface area (Å²) in [4.78, 5) is 0. The highest BCUT2D eigenvalue weighted by Gasteiger charge is 2.42. The molecular weight excluding hydrogens is 268 g/mol. The van der Waals surface area contributed by atoms with E-state index in [1.807, 2.05) is 0 Å². The van der Waals surface area contributed by atoms with E-state index in [2.05, 4.69) is 0 Å². The molecule has 0 radical (unpaired) electrons. The zero-order chi connectivity index (χ0) is 14.0. The van der Waals surface area contributed by atoms with Crippen LogP contribution in [0.3, 0.4) is 0 Å². The lowest BCUT2D eigenvalue weighted by Gasteiger charge is -2.40. The van der Waals surface area contributed by atoms with Crippen LogP contribution in [-0.2, 0) is 4.74 Å². The van der Waals surface area contributed by atoms with Gasteiger partial charge in [-0.15, -0.1) is 11.8 Å². The number of ether oxygens (including phenoxy) is 1. The Morgan fingerprint density at radius 2 is 1.63 bits per heavy atom. The topological polar surface area (TPSA) is 90.2 Å². The van der Waals surface area contributed by atoms with Crippen LogP contribution in [-0.4, -0.2) is 61.6 Å². The van der Waals surface area contributed by atoms with E-state index >= 15 is 0 Å². The van der Waals surface area contributed by atoms with E-state index < -0.39 is 29.9 Å². The zero-order valence-corrected chi connectivity index (χ0v) is 12.0. The minimum Gasteiger partial charge on any atom is -0.393 e. The maximum absolute atomic E-state index is 9.97. The van der Waals surface area contributed by atoms with Gasteiger partial charge in [0.05, 0.1) is 12.2 Å². The van der Waals surface area contributed by atoms with E-state index in [1.54, 1.807) is 6.92 Å². The van der Waals surface area contributed by atoms with Crippen molar-refractivity contribution in [2.24, 2.45) is 0 Å². The molecule has 0 spiro atoms. The van der Waals surface area contributed by atoms with E-state index in [0.29, 0.717) is 6.42 Å². The molecule has 1 aliphatic carbocycles. The lowest BCUT2D eigenvalue weighted by Crippen LogP contribution is -2.55. The molecule has 1 aliphatic heterocycles. The normalized spacial score (nSPS) is 48.8. The molecule has 0 aromatic heterocycles. The van der Waals surface area contributed by atoms with Crippen LogP contribution >= 0.6 is 11.8 Å². The standard InChI is InChI=1S/C13H24O5S/c1-7-10(15)11(16)12(17)13(18-7)19-9-5-3-2-4-8(14)6-9/h7-17H,2-6H2,1H3/t7-,8?,9?,10+,11+,12-,13-/m0/s1. The smallest absolute Gasteiger partial charge is 0.132 e. The second kappa shape index (κ2) is 6.74. The molecule has 0 aromatic rings. The van der Waals surface area contributed by atoms with Crippen molar-refractivity contribution < 1.29 is 25.2 Å². The summed E-state index contributed by atoms with van der Waals surface area (Å²) in [6.45, 7) is 1.69. The first kappa shape index (κ1) is 15.5. The van der Waals surface area contributed by atoms with Crippen molar-refractivity contribution >= 4 is 11.8 Å². The SMILES string of the molecule is C[C@@H]1O[C@@H](SC2CCCCC(O)C2)[C@@H](O)[C@H](O)[C@@H]1O. The van der Waals surface area contributed by atoms with E-state index in [9.17, 15) is 20.4 Å². The molecular formula is C13H24O5S. The third-order valence-corrected chi connectivity index (χ3v) is 5.45. The van der Waals surface area contributed by atoms with Gasteiger partial charge in [0.25, 0.3) is 0 Å². The second-order valence-corrected chi connectivity index (χ2v) is 7.02. The molecule has 19 heavy (non-hydrogen) atoms. The van der Waals surface area contributed by atoms with Crippen LogP contribution in [0.1, 0.15) is 39.0 Å². The van der Waals surface area contributed by atoms with Gasteiger partial charge in [0, 0.05) is 5.25 Å². The van der Waals surface area contributed by atoms with Crippen molar-refractivity contribution in [3.8, 4) is 0 Å². The number of aliphatic hydroxyl groups excluding tert-OH is 4. The van der Waals surface area contributed by atoms with Gasteiger partial charge >= 0.3 is 0 Å². The summed E-state index contributed by atoms with van der Waals surface area (Å²) in [6, 6.07) is 0. The molecule has 2 rings (SSSR count). The van der Waals surface area contributed by atoms with Gasteiger partial charge in [0.15, 0.2) is 0 Å². The summed E-state index contributed by atoms with van der Waals surface area (Å²) in [6.07, 6.45) is 0.539. The molecule has 0 aromatic carbocycles. The van der Waals surface area contributed by atoms with Crippen LogP contribution in [0.25, 0.3) is 0 Å². The maximum atomic E-state index is 9.97. The van der Waals surface area contributed by atoms with E-state index in [4.69, 9.17) is 4.74 Å². The number of hydrogen-bond donors (Lipinski definition) is 4. The predicted octanol–water partition coefficient (Wildman–Crippen LogP) is 0.241. The van der Waals surface area contributed by atoms with Gasteiger partial charge < -0.3 is 25.2 Å². The van der Waals surface area contributed by atoms with Gasteiger partial charge in [-0.2, -0.15) is 0 Å². The van der Waals surface area contributed by atoms with Crippen LogP contribution in [0, 0.1) is 0 Å². The summed E-state index contributed by atoms with van der Waals surface area (Å²) in [5.74, 6) is 0. The Hall–Kier alpha value is 0.150. The molecule has 0 amide bonds. The molecule has 6 heteroatoms. The van der Waals surface area contributed by atoms with Gasteiger partial charge in [-0.05, 0) is 26.2 Å². The van der Waals surface area contributed by atoms with Crippen molar-refractivity contribution in [3.63, 3.8) is 0 Å². The Balaban J connectivity index is 1.93. The lowest BCUT2D eigenvalue weighted by molar-refractivity contribution is -0.192. The fraction of sp³-hybridized carbons (Fsp3) is 1.00. The van der Waals surface area contributed by atoms with Gasteiger partial charge in [-0.3, -0.25) is 0 Å². The summed E-state index contributed by atoms with van der Waals surface area (Å²) in [5.41, 5.74) is -0.538. The van der Waals surface area contributed by atoms with E-state index in [0.717, 1.165) is 25.7 Å². The molecule has 4 N–H and O–H groups in total. The Morgan fingerprint density at radius 3 is 2.37 bits per heavy atom. The van der Waals surface area contributed by atoms with E-state index in [1.165, 1.54) is 11.8 Å². The maximum Gasteiger partial charge on any atom is 0.132 e.